The van der Waals surface area contributed by atoms with Crippen molar-refractivity contribution in [2.24, 2.45) is 0 Å². The molecule has 2 N–H and O–H groups in total. The molecule has 0 amide bonds. The Morgan fingerprint density at radius 3 is 1.94 bits per heavy atom. The summed E-state index contributed by atoms with van der Waals surface area (Å²) in [5.74, 6) is -2.54. The van der Waals surface area contributed by atoms with Gasteiger partial charge in [0.15, 0.2) is 32.1 Å². The van der Waals surface area contributed by atoms with E-state index in [1.807, 2.05) is 0 Å². The highest BCUT2D eigenvalue weighted by Crippen LogP contribution is 2.40. The van der Waals surface area contributed by atoms with Gasteiger partial charge in [0.1, 0.15) is 4.90 Å². The van der Waals surface area contributed by atoms with Crippen molar-refractivity contribution in [1.29, 1.82) is 0 Å². The van der Waals surface area contributed by atoms with Crippen LogP contribution in [0.4, 0.5) is 5.69 Å². The number of aromatic hydroxyl groups is 2. The van der Waals surface area contributed by atoms with Crippen molar-refractivity contribution in [1.82, 2.24) is 0 Å². The Labute approximate surface area is 97.0 Å². The first kappa shape index (κ1) is 13.2. The molecule has 0 fully saturated rings. The molecule has 1 aromatic rings. The Kier molecular flexibility index (Phi) is 3.53. The second-order valence-corrected chi connectivity index (χ2v) is 4.69. The molecule has 0 bridgehead atoms. The van der Waals surface area contributed by atoms with E-state index in [9.17, 15) is 37.2 Å². The number of nitro groups is 1. The van der Waals surface area contributed by atoms with Gasteiger partial charge in [-0.25, -0.2) is 16.8 Å². The topological polar surface area (TPSA) is 152 Å². The highest BCUT2D eigenvalue weighted by Gasteiger charge is 2.27. The number of phenols is 2. The van der Waals surface area contributed by atoms with Crippen LogP contribution >= 0.6 is 0 Å². The fourth-order valence-corrected chi connectivity index (χ4v) is 2.25. The number of rotatable bonds is 3. The summed E-state index contributed by atoms with van der Waals surface area (Å²) < 4.78 is 42.7. The Morgan fingerprint density at radius 1 is 1.06 bits per heavy atom. The van der Waals surface area contributed by atoms with Gasteiger partial charge in [-0.1, -0.05) is 0 Å². The maximum absolute atomic E-state index is 10.7. The number of phenolic OH excluding ortho intramolecular Hbond substituents is 2. The molecular formula is C6H5NO8S2. The van der Waals surface area contributed by atoms with Crippen LogP contribution in [0.25, 0.3) is 0 Å². The molecule has 9 nitrogen and oxygen atoms in total. The van der Waals surface area contributed by atoms with Crippen LogP contribution in [-0.2, 0) is 21.4 Å². The minimum Gasteiger partial charge on any atom is -0.505 e. The Bertz CT molecular complexity index is 628. The van der Waals surface area contributed by atoms with E-state index in [1.165, 1.54) is 0 Å². The van der Waals surface area contributed by atoms with Gasteiger partial charge in [0.05, 0.1) is 4.92 Å². The molecule has 0 unspecified atom stereocenters. The average Bonchev–Trinajstić information content (AvgIpc) is 2.15. The molecule has 1 aromatic carbocycles. The summed E-state index contributed by atoms with van der Waals surface area (Å²) in [7, 11) is -7.03. The molecule has 0 aliphatic heterocycles. The average molecular weight is 283 g/mol. The largest absolute Gasteiger partial charge is 0.505 e. The summed E-state index contributed by atoms with van der Waals surface area (Å²) >= 11 is 0. The van der Waals surface area contributed by atoms with Gasteiger partial charge in [0.25, 0.3) is 0 Å². The van der Waals surface area contributed by atoms with Crippen LogP contribution < -0.4 is 0 Å². The van der Waals surface area contributed by atoms with E-state index in [-0.39, 0.29) is 0 Å². The van der Waals surface area contributed by atoms with Crippen LogP contribution in [0.5, 0.6) is 11.5 Å². The molecule has 11 heteroatoms. The Hall–Kier alpha value is -1.88. The number of hydrogen-bond donors (Lipinski definition) is 4. The molecule has 0 saturated heterocycles. The molecule has 0 saturated carbocycles. The molecule has 94 valence electrons. The first-order valence-corrected chi connectivity index (χ1v) is 6.15. The van der Waals surface area contributed by atoms with Gasteiger partial charge < -0.3 is 10.2 Å². The van der Waals surface area contributed by atoms with Crippen LogP contribution in [0.2, 0.25) is 0 Å². The van der Waals surface area contributed by atoms with Gasteiger partial charge in [-0.15, -0.1) is 0 Å². The summed E-state index contributed by atoms with van der Waals surface area (Å²) in [6.07, 6.45) is 0. The van der Waals surface area contributed by atoms with Crippen molar-refractivity contribution in [2.75, 3.05) is 0 Å². The highest BCUT2D eigenvalue weighted by molar-refractivity contribution is 7.73. The summed E-state index contributed by atoms with van der Waals surface area (Å²) in [5.41, 5.74) is -1.12. The molecule has 0 heterocycles. The fraction of sp³-hybridized carbons (Fsp3) is 0. The zero-order valence-electron chi connectivity index (χ0n) is 7.76. The zero-order valence-corrected chi connectivity index (χ0v) is 9.55. The number of nitrogens with zero attached hydrogens (tertiary/aromatic N) is 1. The molecule has 0 aromatic heterocycles. The first-order chi connectivity index (χ1) is 7.77. The normalized spacial score (nSPS) is 10.9. The zero-order chi connectivity index (χ0) is 13.3. The smallest absolute Gasteiger partial charge is 0.313 e. The second-order valence-electron chi connectivity index (χ2n) is 2.73. The number of thiol groups is 2. The molecule has 0 aliphatic carbocycles. The third-order valence-corrected chi connectivity index (χ3v) is 3.31. The minimum absolute atomic E-state index is 0.374. The number of benzene rings is 1. The van der Waals surface area contributed by atoms with E-state index in [0.29, 0.717) is 6.07 Å². The quantitative estimate of drug-likeness (QED) is 0.311. The maximum Gasteiger partial charge on any atom is 0.313 e. The molecule has 17 heavy (non-hydrogen) atoms. The Morgan fingerprint density at radius 2 is 1.59 bits per heavy atom. The van der Waals surface area contributed by atoms with E-state index in [2.05, 4.69) is 0 Å². The molecular weight excluding hydrogens is 278 g/mol. The lowest BCUT2D eigenvalue weighted by molar-refractivity contribution is -0.386. The molecule has 0 aliphatic rings. The van der Waals surface area contributed by atoms with Crippen LogP contribution in [0.3, 0.4) is 0 Å². The number of nitro benzene ring substituents is 1. The fourth-order valence-electron chi connectivity index (χ4n) is 1.07. The molecule has 0 radical (unpaired) electrons. The minimum atomic E-state index is -3.59. The maximum atomic E-state index is 10.7. The lowest BCUT2D eigenvalue weighted by Crippen LogP contribution is -1.96. The first-order valence-electron chi connectivity index (χ1n) is 3.79. The number of hydrogen-bond acceptors (Lipinski definition) is 8. The van der Waals surface area contributed by atoms with Crippen molar-refractivity contribution >= 4 is 27.1 Å². The summed E-state index contributed by atoms with van der Waals surface area (Å²) in [6, 6.07) is 0.374. The standard InChI is InChI=1S/C6H5NO8S2/c8-4-2(7(10)11)1-3(16(12)13)5(9)6(4)17(14)15/h1,8-9,16-17H. The second kappa shape index (κ2) is 4.55. The summed E-state index contributed by atoms with van der Waals surface area (Å²) in [6.45, 7) is 0. The van der Waals surface area contributed by atoms with Crippen LogP contribution in [0.15, 0.2) is 15.9 Å². The van der Waals surface area contributed by atoms with Gasteiger partial charge in [-0.3, -0.25) is 10.1 Å². The van der Waals surface area contributed by atoms with Crippen molar-refractivity contribution in [3.63, 3.8) is 0 Å². The lowest BCUT2D eigenvalue weighted by Gasteiger charge is -2.04. The third kappa shape index (κ3) is 2.29. The van der Waals surface area contributed by atoms with Gasteiger partial charge in [0.2, 0.25) is 5.75 Å². The van der Waals surface area contributed by atoms with Gasteiger partial charge in [-0.2, -0.15) is 0 Å². The predicted octanol–water partition coefficient (Wildman–Crippen LogP) is -1.05. The van der Waals surface area contributed by atoms with Crippen LogP contribution in [-0.4, -0.2) is 32.0 Å². The lowest BCUT2D eigenvalue weighted by atomic mass is 10.3. The summed E-state index contributed by atoms with van der Waals surface area (Å²) in [5, 5.41) is 29.0. The van der Waals surface area contributed by atoms with Crippen LogP contribution in [0.1, 0.15) is 0 Å². The predicted molar refractivity (Wildman–Crippen MR) is 53.6 cm³/mol. The molecule has 0 atom stereocenters. The van der Waals surface area contributed by atoms with Crippen molar-refractivity contribution in [2.45, 2.75) is 9.79 Å². The van der Waals surface area contributed by atoms with Crippen LogP contribution in [0, 0.1) is 10.1 Å². The summed E-state index contributed by atoms with van der Waals surface area (Å²) in [4.78, 5) is 7.15. The van der Waals surface area contributed by atoms with E-state index in [4.69, 9.17) is 0 Å². The molecule has 1 rings (SSSR count). The SMILES string of the molecule is O=[N+]([O-])c1cc([SH](=O)=O)c(O)c([SH](=O)=O)c1O. The van der Waals surface area contributed by atoms with Gasteiger partial charge in [0, 0.05) is 6.07 Å². The van der Waals surface area contributed by atoms with Crippen molar-refractivity contribution in [3.05, 3.63) is 16.2 Å². The Balaban J connectivity index is 3.89. The third-order valence-electron chi connectivity index (χ3n) is 1.78. The van der Waals surface area contributed by atoms with E-state index < -0.39 is 53.3 Å². The van der Waals surface area contributed by atoms with E-state index in [0.717, 1.165) is 0 Å². The van der Waals surface area contributed by atoms with Gasteiger partial charge >= 0.3 is 5.69 Å². The highest BCUT2D eigenvalue weighted by atomic mass is 32.2. The van der Waals surface area contributed by atoms with E-state index in [1.54, 1.807) is 0 Å². The molecule has 0 spiro atoms. The van der Waals surface area contributed by atoms with Crippen molar-refractivity contribution in [3.8, 4) is 11.5 Å². The van der Waals surface area contributed by atoms with Crippen molar-refractivity contribution < 1.29 is 32.0 Å². The van der Waals surface area contributed by atoms with Gasteiger partial charge in [-0.05, 0) is 0 Å². The monoisotopic (exact) mass is 283 g/mol. The van der Waals surface area contributed by atoms with E-state index >= 15 is 0 Å².